The number of rotatable bonds is 2. The second-order valence-corrected chi connectivity index (χ2v) is 4.81. The molecular weight excluding hydrogens is 258 g/mol. The second kappa shape index (κ2) is 5.00. The van der Waals surface area contributed by atoms with Crippen molar-refractivity contribution in [2.45, 2.75) is 6.10 Å². The number of hydrogen-bond acceptors (Lipinski definition) is 2. The molecule has 1 N–H and O–H groups in total. The number of aliphatic hydroxyl groups is 1. The van der Waals surface area contributed by atoms with Crippen LogP contribution in [0.4, 0.5) is 0 Å². The van der Waals surface area contributed by atoms with Gasteiger partial charge in [0.15, 0.2) is 0 Å². The molecule has 2 aromatic carbocycles. The van der Waals surface area contributed by atoms with Gasteiger partial charge in [0.05, 0.1) is 5.69 Å². The van der Waals surface area contributed by atoms with E-state index in [4.69, 9.17) is 11.6 Å². The highest BCUT2D eigenvalue weighted by atomic mass is 35.5. The van der Waals surface area contributed by atoms with Crippen molar-refractivity contribution in [3.63, 3.8) is 0 Å². The van der Waals surface area contributed by atoms with E-state index in [1.165, 1.54) is 0 Å². The van der Waals surface area contributed by atoms with Crippen LogP contribution in [0.1, 0.15) is 17.4 Å². The molecule has 0 bridgehead atoms. The summed E-state index contributed by atoms with van der Waals surface area (Å²) in [4.78, 5) is 4.20. The first kappa shape index (κ1) is 12.2. The zero-order valence-electron chi connectivity index (χ0n) is 10.1. The van der Waals surface area contributed by atoms with Crippen molar-refractivity contribution in [1.29, 1.82) is 0 Å². The molecule has 0 aliphatic rings. The van der Waals surface area contributed by atoms with E-state index in [2.05, 4.69) is 4.98 Å². The van der Waals surface area contributed by atoms with Gasteiger partial charge in [-0.1, -0.05) is 41.9 Å². The molecule has 0 spiro atoms. The Labute approximate surface area is 116 Å². The molecule has 1 aromatic heterocycles. The summed E-state index contributed by atoms with van der Waals surface area (Å²) >= 11 is 6.12. The molecule has 0 aliphatic heterocycles. The number of halogens is 1. The summed E-state index contributed by atoms with van der Waals surface area (Å²) in [5, 5.41) is 13.1. The molecular formula is C16H12ClNO. The fourth-order valence-electron chi connectivity index (χ4n) is 2.23. The van der Waals surface area contributed by atoms with Crippen LogP contribution >= 0.6 is 11.6 Å². The minimum atomic E-state index is -0.773. The van der Waals surface area contributed by atoms with E-state index < -0.39 is 6.10 Å². The van der Waals surface area contributed by atoms with E-state index in [1.54, 1.807) is 18.3 Å². The molecule has 0 fully saturated rings. The molecule has 19 heavy (non-hydrogen) atoms. The van der Waals surface area contributed by atoms with Gasteiger partial charge in [-0.2, -0.15) is 0 Å². The Balaban J connectivity index is 2.19. The van der Waals surface area contributed by atoms with Crippen LogP contribution in [0.15, 0.2) is 60.8 Å². The number of hydrogen-bond donors (Lipinski definition) is 1. The molecule has 2 nitrogen and oxygen atoms in total. The van der Waals surface area contributed by atoms with Crippen molar-refractivity contribution >= 4 is 22.4 Å². The Morgan fingerprint density at radius 3 is 2.58 bits per heavy atom. The standard InChI is InChI=1S/C16H12ClNO/c17-12-9-11-5-1-2-6-13(11)14(10-12)16(19)15-7-3-4-8-18-15/h1-10,16,19H. The number of aromatic nitrogens is 1. The highest BCUT2D eigenvalue weighted by molar-refractivity contribution is 6.31. The van der Waals surface area contributed by atoms with Crippen LogP contribution in [0.2, 0.25) is 5.02 Å². The highest BCUT2D eigenvalue weighted by Gasteiger charge is 2.15. The number of fused-ring (bicyclic) bond motifs is 1. The van der Waals surface area contributed by atoms with E-state index in [-0.39, 0.29) is 0 Å². The zero-order valence-corrected chi connectivity index (χ0v) is 10.9. The molecule has 1 atom stereocenters. The van der Waals surface area contributed by atoms with E-state index in [1.807, 2.05) is 42.5 Å². The molecule has 0 radical (unpaired) electrons. The summed E-state index contributed by atoms with van der Waals surface area (Å²) in [6.45, 7) is 0. The van der Waals surface area contributed by atoms with Gasteiger partial charge in [-0.25, -0.2) is 0 Å². The molecule has 0 saturated heterocycles. The first-order valence-electron chi connectivity index (χ1n) is 6.03. The first-order chi connectivity index (χ1) is 9.25. The third kappa shape index (κ3) is 2.33. The van der Waals surface area contributed by atoms with Crippen LogP contribution in [0.25, 0.3) is 10.8 Å². The predicted molar refractivity (Wildman–Crippen MR) is 77.3 cm³/mol. The molecule has 3 rings (SSSR count). The normalized spacial score (nSPS) is 12.5. The zero-order chi connectivity index (χ0) is 13.2. The Morgan fingerprint density at radius 1 is 1.00 bits per heavy atom. The molecule has 3 heteroatoms. The quantitative estimate of drug-likeness (QED) is 0.764. The predicted octanol–water partition coefficient (Wildman–Crippen LogP) is 3.97. The molecule has 94 valence electrons. The van der Waals surface area contributed by atoms with E-state index in [0.29, 0.717) is 10.7 Å². The van der Waals surface area contributed by atoms with Crippen LogP contribution in [-0.2, 0) is 0 Å². The van der Waals surface area contributed by atoms with E-state index in [9.17, 15) is 5.11 Å². The van der Waals surface area contributed by atoms with Crippen molar-refractivity contribution in [3.8, 4) is 0 Å². The Hall–Kier alpha value is -1.90. The van der Waals surface area contributed by atoms with Crippen LogP contribution in [0, 0.1) is 0 Å². The lowest BCUT2D eigenvalue weighted by Gasteiger charge is -2.14. The van der Waals surface area contributed by atoms with Gasteiger partial charge < -0.3 is 5.11 Å². The summed E-state index contributed by atoms with van der Waals surface area (Å²) in [5.41, 5.74) is 1.40. The van der Waals surface area contributed by atoms with Gasteiger partial charge in [-0.15, -0.1) is 0 Å². The summed E-state index contributed by atoms with van der Waals surface area (Å²) in [6, 6.07) is 17.0. The van der Waals surface area contributed by atoms with E-state index in [0.717, 1.165) is 16.3 Å². The highest BCUT2D eigenvalue weighted by Crippen LogP contribution is 2.30. The largest absolute Gasteiger partial charge is 0.382 e. The molecule has 0 amide bonds. The molecule has 3 aromatic rings. The maximum absolute atomic E-state index is 10.5. The second-order valence-electron chi connectivity index (χ2n) is 4.37. The summed E-state index contributed by atoms with van der Waals surface area (Å²) in [5.74, 6) is 0. The lowest BCUT2D eigenvalue weighted by Crippen LogP contribution is -2.02. The molecule has 0 saturated carbocycles. The smallest absolute Gasteiger partial charge is 0.122 e. The van der Waals surface area contributed by atoms with Crippen LogP contribution < -0.4 is 0 Å². The average molecular weight is 270 g/mol. The van der Waals surface area contributed by atoms with Crippen molar-refractivity contribution in [1.82, 2.24) is 4.98 Å². The number of benzene rings is 2. The molecule has 0 aliphatic carbocycles. The maximum atomic E-state index is 10.5. The fourth-order valence-corrected chi connectivity index (χ4v) is 2.46. The van der Waals surface area contributed by atoms with Gasteiger partial charge in [0.2, 0.25) is 0 Å². The van der Waals surface area contributed by atoms with Gasteiger partial charge in [0, 0.05) is 11.2 Å². The van der Waals surface area contributed by atoms with Crippen molar-refractivity contribution in [3.05, 3.63) is 77.1 Å². The monoisotopic (exact) mass is 269 g/mol. The third-order valence-electron chi connectivity index (χ3n) is 3.12. The lowest BCUT2D eigenvalue weighted by molar-refractivity contribution is 0.217. The Bertz CT molecular complexity index is 712. The summed E-state index contributed by atoms with van der Waals surface area (Å²) in [7, 11) is 0. The average Bonchev–Trinajstić information content (AvgIpc) is 2.46. The third-order valence-corrected chi connectivity index (χ3v) is 3.34. The Kier molecular flexibility index (Phi) is 3.20. The lowest BCUT2D eigenvalue weighted by atomic mass is 9.98. The van der Waals surface area contributed by atoms with E-state index >= 15 is 0 Å². The number of aliphatic hydroxyl groups excluding tert-OH is 1. The summed E-state index contributed by atoms with van der Waals surface area (Å²) in [6.07, 6.45) is 0.899. The Morgan fingerprint density at radius 2 is 1.79 bits per heavy atom. The van der Waals surface area contributed by atoms with Gasteiger partial charge in [-0.05, 0) is 40.6 Å². The van der Waals surface area contributed by atoms with Gasteiger partial charge in [0.25, 0.3) is 0 Å². The van der Waals surface area contributed by atoms with Crippen LogP contribution in [-0.4, -0.2) is 10.1 Å². The first-order valence-corrected chi connectivity index (χ1v) is 6.41. The topological polar surface area (TPSA) is 33.1 Å². The number of nitrogens with zero attached hydrogens (tertiary/aromatic N) is 1. The minimum absolute atomic E-state index is 0.615. The van der Waals surface area contributed by atoms with Crippen molar-refractivity contribution < 1.29 is 5.11 Å². The van der Waals surface area contributed by atoms with Gasteiger partial charge in [-0.3, -0.25) is 4.98 Å². The summed E-state index contributed by atoms with van der Waals surface area (Å²) < 4.78 is 0. The number of pyridine rings is 1. The van der Waals surface area contributed by atoms with Crippen LogP contribution in [0.5, 0.6) is 0 Å². The van der Waals surface area contributed by atoms with Crippen molar-refractivity contribution in [2.75, 3.05) is 0 Å². The SMILES string of the molecule is OC(c1ccccn1)c1cc(Cl)cc2ccccc12. The van der Waals surface area contributed by atoms with Crippen LogP contribution in [0.3, 0.4) is 0 Å². The molecule has 1 heterocycles. The minimum Gasteiger partial charge on any atom is -0.382 e. The molecule has 1 unspecified atom stereocenters. The van der Waals surface area contributed by atoms with Crippen molar-refractivity contribution in [2.24, 2.45) is 0 Å². The van der Waals surface area contributed by atoms with Gasteiger partial charge >= 0.3 is 0 Å². The maximum Gasteiger partial charge on any atom is 0.122 e. The fraction of sp³-hybridized carbons (Fsp3) is 0.0625. The van der Waals surface area contributed by atoms with Gasteiger partial charge in [0.1, 0.15) is 6.10 Å².